The van der Waals surface area contributed by atoms with Gasteiger partial charge in [0.25, 0.3) is 0 Å². The summed E-state index contributed by atoms with van der Waals surface area (Å²) in [4.78, 5) is 29.2. The minimum atomic E-state index is -1.04. The predicted octanol–water partition coefficient (Wildman–Crippen LogP) is 4.60. The largest absolute Gasteiger partial charge is 0.493 e. The Morgan fingerprint density at radius 2 is 1.59 bits per heavy atom. The second-order valence-electron chi connectivity index (χ2n) is 7.55. The Kier molecular flexibility index (Phi) is 6.62. The van der Waals surface area contributed by atoms with Crippen LogP contribution in [0, 0.1) is 5.82 Å². The number of ether oxygens (including phenoxy) is 3. The van der Waals surface area contributed by atoms with Gasteiger partial charge in [0.05, 0.1) is 26.2 Å². The molecular formula is C24H24FNO6. The zero-order chi connectivity index (χ0) is 23.6. The lowest BCUT2D eigenvalue weighted by molar-refractivity contribution is -0.138. The molecule has 1 aromatic heterocycles. The summed E-state index contributed by atoms with van der Waals surface area (Å²) in [6.45, 7) is 5.12. The van der Waals surface area contributed by atoms with Crippen LogP contribution in [0.2, 0.25) is 0 Å². The Bertz CT molecular complexity index is 1190. The summed E-state index contributed by atoms with van der Waals surface area (Å²) in [6.07, 6.45) is 1.15. The Morgan fingerprint density at radius 1 is 0.969 bits per heavy atom. The lowest BCUT2D eigenvalue weighted by atomic mass is 9.93. The molecule has 1 heterocycles. The highest BCUT2D eigenvalue weighted by molar-refractivity contribution is 6.16. The van der Waals surface area contributed by atoms with E-state index in [2.05, 4.69) is 4.98 Å². The van der Waals surface area contributed by atoms with Gasteiger partial charge in [-0.25, -0.2) is 4.39 Å². The number of methoxy groups -OCH3 is 2. The van der Waals surface area contributed by atoms with Crippen LogP contribution in [0.3, 0.4) is 0 Å². The predicted molar refractivity (Wildman–Crippen MR) is 116 cm³/mol. The molecule has 8 heteroatoms. The second-order valence-corrected chi connectivity index (χ2v) is 7.55. The fourth-order valence-electron chi connectivity index (χ4n) is 3.42. The summed E-state index contributed by atoms with van der Waals surface area (Å²) in [6, 6.07) is 6.94. The van der Waals surface area contributed by atoms with Crippen molar-refractivity contribution in [3.63, 3.8) is 0 Å². The van der Waals surface area contributed by atoms with Crippen LogP contribution in [0.4, 0.5) is 4.39 Å². The van der Waals surface area contributed by atoms with E-state index in [1.54, 1.807) is 26.0 Å². The van der Waals surface area contributed by atoms with E-state index in [4.69, 9.17) is 14.2 Å². The van der Waals surface area contributed by atoms with Gasteiger partial charge in [-0.2, -0.15) is 0 Å². The van der Waals surface area contributed by atoms with Crippen molar-refractivity contribution in [2.24, 2.45) is 0 Å². The average molecular weight is 441 g/mol. The minimum absolute atomic E-state index is 0.0309. The van der Waals surface area contributed by atoms with Crippen molar-refractivity contribution in [3.05, 3.63) is 59.2 Å². The molecule has 0 spiro atoms. The van der Waals surface area contributed by atoms with Crippen LogP contribution in [0.25, 0.3) is 10.8 Å². The molecule has 1 atom stereocenters. The third-order valence-corrected chi connectivity index (χ3v) is 4.98. The van der Waals surface area contributed by atoms with E-state index >= 15 is 0 Å². The maximum absolute atomic E-state index is 14.2. The summed E-state index contributed by atoms with van der Waals surface area (Å²) < 4.78 is 30.4. The molecule has 3 aromatic rings. The number of aromatic nitrogens is 1. The number of nitrogens with zero attached hydrogens (tertiary/aromatic N) is 1. The van der Waals surface area contributed by atoms with Crippen LogP contribution < -0.4 is 14.2 Å². The number of ketones is 1. The summed E-state index contributed by atoms with van der Waals surface area (Å²) >= 11 is 0. The molecule has 0 aliphatic rings. The Hall–Kier alpha value is -3.68. The number of fused-ring (bicyclic) bond motifs is 1. The molecule has 2 aromatic carbocycles. The average Bonchev–Trinajstić information content (AvgIpc) is 2.75. The first-order chi connectivity index (χ1) is 15.2. The highest BCUT2D eigenvalue weighted by Gasteiger charge is 2.24. The van der Waals surface area contributed by atoms with Crippen molar-refractivity contribution >= 4 is 22.5 Å². The van der Waals surface area contributed by atoms with Crippen LogP contribution in [-0.4, -0.2) is 42.2 Å². The molecule has 0 amide bonds. The number of hydrogen-bond acceptors (Lipinski definition) is 6. The van der Waals surface area contributed by atoms with Crippen LogP contribution >= 0.6 is 0 Å². The first-order valence-corrected chi connectivity index (χ1v) is 9.95. The zero-order valence-corrected chi connectivity index (χ0v) is 18.4. The lowest BCUT2D eigenvalue weighted by Crippen LogP contribution is -2.12. The molecule has 7 nitrogen and oxygen atoms in total. The maximum Gasteiger partial charge on any atom is 0.310 e. The van der Waals surface area contributed by atoms with Crippen molar-refractivity contribution in [1.29, 1.82) is 0 Å². The standard InChI is InChI=1S/C24H24FNO6/c1-12(2)32-16-7-14(6-15(25)8-16)23(27)22-18-10-21(31-5)20(30-4)9-17(18)19(11-26-22)13(3)24(28)29/h6-13H,1-5H3,(H,28,29). The van der Waals surface area contributed by atoms with Gasteiger partial charge < -0.3 is 19.3 Å². The fraction of sp³-hybridized carbons (Fsp3) is 0.292. The summed E-state index contributed by atoms with van der Waals surface area (Å²) in [5.41, 5.74) is 0.500. The lowest BCUT2D eigenvalue weighted by Gasteiger charge is -2.16. The van der Waals surface area contributed by atoms with Crippen molar-refractivity contribution < 1.29 is 33.3 Å². The number of halogens is 1. The molecule has 1 unspecified atom stereocenters. The van der Waals surface area contributed by atoms with E-state index in [0.717, 1.165) is 6.07 Å². The number of carboxylic acid groups (broad SMARTS) is 1. The van der Waals surface area contributed by atoms with Gasteiger partial charge in [-0.3, -0.25) is 14.6 Å². The number of benzene rings is 2. The Morgan fingerprint density at radius 3 is 2.16 bits per heavy atom. The van der Waals surface area contributed by atoms with Gasteiger partial charge in [-0.1, -0.05) is 0 Å². The monoisotopic (exact) mass is 441 g/mol. The van der Waals surface area contributed by atoms with E-state index in [1.165, 1.54) is 39.5 Å². The van der Waals surface area contributed by atoms with Gasteiger partial charge in [-0.15, -0.1) is 0 Å². The molecule has 3 rings (SSSR count). The molecule has 1 N–H and O–H groups in total. The molecule has 32 heavy (non-hydrogen) atoms. The zero-order valence-electron chi connectivity index (χ0n) is 18.4. The van der Waals surface area contributed by atoms with Crippen molar-refractivity contribution in [1.82, 2.24) is 4.98 Å². The van der Waals surface area contributed by atoms with E-state index < -0.39 is 23.5 Å². The third kappa shape index (κ3) is 4.49. The molecule has 0 aliphatic carbocycles. The first-order valence-electron chi connectivity index (χ1n) is 9.95. The van der Waals surface area contributed by atoms with Crippen LogP contribution in [0.5, 0.6) is 17.2 Å². The summed E-state index contributed by atoms with van der Waals surface area (Å²) in [5.74, 6) is -2.13. The highest BCUT2D eigenvalue weighted by atomic mass is 19.1. The fourth-order valence-corrected chi connectivity index (χ4v) is 3.42. The van der Waals surface area contributed by atoms with Crippen LogP contribution in [0.1, 0.15) is 48.3 Å². The van der Waals surface area contributed by atoms with Crippen molar-refractivity contribution in [2.45, 2.75) is 32.8 Å². The summed E-state index contributed by atoms with van der Waals surface area (Å²) in [5, 5.41) is 10.4. The number of aliphatic carboxylic acids is 1. The van der Waals surface area contributed by atoms with Crippen LogP contribution in [-0.2, 0) is 4.79 Å². The number of rotatable bonds is 8. The summed E-state index contributed by atoms with van der Waals surface area (Å²) in [7, 11) is 2.91. The van der Waals surface area contributed by atoms with Gasteiger partial charge in [0.15, 0.2) is 11.5 Å². The number of carbonyl (C=O) groups excluding carboxylic acids is 1. The van der Waals surface area contributed by atoms with Gasteiger partial charge in [0.2, 0.25) is 5.78 Å². The number of carbonyl (C=O) groups is 2. The van der Waals surface area contributed by atoms with Crippen LogP contribution in [0.15, 0.2) is 36.5 Å². The van der Waals surface area contributed by atoms with Crippen molar-refractivity contribution in [2.75, 3.05) is 14.2 Å². The molecule has 0 bridgehead atoms. The van der Waals surface area contributed by atoms with Gasteiger partial charge in [-0.05, 0) is 56.0 Å². The molecule has 0 radical (unpaired) electrons. The molecule has 168 valence electrons. The van der Waals surface area contributed by atoms with Gasteiger partial charge in [0, 0.05) is 23.2 Å². The van der Waals surface area contributed by atoms with E-state index in [-0.39, 0.29) is 23.1 Å². The second kappa shape index (κ2) is 9.21. The first kappa shape index (κ1) is 23.0. The topological polar surface area (TPSA) is 95.0 Å². The molecule has 0 saturated heterocycles. The quantitative estimate of drug-likeness (QED) is 0.511. The normalized spacial score (nSPS) is 12.0. The number of hydrogen-bond donors (Lipinski definition) is 1. The molecular weight excluding hydrogens is 417 g/mol. The van der Waals surface area contributed by atoms with E-state index in [9.17, 15) is 19.1 Å². The Labute approximate surface area is 184 Å². The van der Waals surface area contributed by atoms with Gasteiger partial charge in [0.1, 0.15) is 17.3 Å². The van der Waals surface area contributed by atoms with Gasteiger partial charge >= 0.3 is 5.97 Å². The minimum Gasteiger partial charge on any atom is -0.493 e. The SMILES string of the molecule is COc1cc2c(C(C)C(=O)O)cnc(C(=O)c3cc(F)cc(OC(C)C)c3)c2cc1OC. The number of pyridine rings is 1. The highest BCUT2D eigenvalue weighted by Crippen LogP contribution is 2.37. The molecule has 0 saturated carbocycles. The Balaban J connectivity index is 2.25. The van der Waals surface area contributed by atoms with E-state index in [1.807, 2.05) is 0 Å². The number of carboxylic acids is 1. The third-order valence-electron chi connectivity index (χ3n) is 4.98. The van der Waals surface area contributed by atoms with Crippen molar-refractivity contribution in [3.8, 4) is 17.2 Å². The van der Waals surface area contributed by atoms with E-state index in [0.29, 0.717) is 27.8 Å². The molecule has 0 aliphatic heterocycles. The molecule has 0 fully saturated rings. The smallest absolute Gasteiger partial charge is 0.310 e. The maximum atomic E-state index is 14.2.